The third-order valence-electron chi connectivity index (χ3n) is 2.93. The zero-order chi connectivity index (χ0) is 14.5. The van der Waals surface area contributed by atoms with Crippen molar-refractivity contribution >= 4 is 17.1 Å². The van der Waals surface area contributed by atoms with Gasteiger partial charge in [0.25, 0.3) is 0 Å². The first kappa shape index (κ1) is 14.7. The Hall–Kier alpha value is -1.66. The molecule has 20 heavy (non-hydrogen) atoms. The van der Waals surface area contributed by atoms with E-state index in [2.05, 4.69) is 9.97 Å². The lowest BCUT2D eigenvalue weighted by Gasteiger charge is -2.19. The van der Waals surface area contributed by atoms with E-state index in [0.717, 1.165) is 11.9 Å². The van der Waals surface area contributed by atoms with Crippen molar-refractivity contribution in [3.05, 3.63) is 46.4 Å². The molecule has 2 aromatic heterocycles. The van der Waals surface area contributed by atoms with Gasteiger partial charge in [0.1, 0.15) is 11.5 Å². The van der Waals surface area contributed by atoms with Crippen LogP contribution in [0.1, 0.15) is 23.1 Å². The highest BCUT2D eigenvalue weighted by Gasteiger charge is 2.18. The summed E-state index contributed by atoms with van der Waals surface area (Å²) in [6.45, 7) is 3.16. The summed E-state index contributed by atoms with van der Waals surface area (Å²) in [6, 6.07) is 2.68. The van der Waals surface area contributed by atoms with Gasteiger partial charge in [-0.15, -0.1) is 11.3 Å². The Kier molecular flexibility index (Phi) is 4.92. The summed E-state index contributed by atoms with van der Waals surface area (Å²) >= 11 is 1.55. The number of aromatic nitrogens is 2. The van der Waals surface area contributed by atoms with Crippen molar-refractivity contribution in [2.75, 3.05) is 13.6 Å². The Morgan fingerprint density at radius 1 is 1.45 bits per heavy atom. The summed E-state index contributed by atoms with van der Waals surface area (Å²) in [6.07, 6.45) is 1.07. The van der Waals surface area contributed by atoms with E-state index >= 15 is 0 Å². The highest BCUT2D eigenvalue weighted by molar-refractivity contribution is 7.07. The molecule has 6 heteroatoms. The van der Waals surface area contributed by atoms with E-state index in [9.17, 15) is 9.18 Å². The lowest BCUT2D eigenvalue weighted by atomic mass is 10.0. The number of thiazole rings is 1. The predicted octanol–water partition coefficient (Wildman–Crippen LogP) is 2.63. The molecule has 0 aliphatic rings. The fraction of sp³-hybridized carbons (Fsp3) is 0.357. The zero-order valence-corrected chi connectivity index (χ0v) is 12.2. The van der Waals surface area contributed by atoms with E-state index in [0.29, 0.717) is 18.8 Å². The molecule has 0 radical (unpaired) electrons. The maximum atomic E-state index is 12.8. The number of hydrogen-bond acceptors (Lipinski definition) is 5. The number of carbonyl (C=O) groups is 1. The number of nitrogens with zero attached hydrogens (tertiary/aromatic N) is 3. The fourth-order valence-corrected chi connectivity index (χ4v) is 2.53. The van der Waals surface area contributed by atoms with Crippen molar-refractivity contribution in [2.24, 2.45) is 5.92 Å². The monoisotopic (exact) mass is 293 g/mol. The third kappa shape index (κ3) is 3.91. The maximum absolute atomic E-state index is 12.8. The van der Waals surface area contributed by atoms with E-state index in [1.165, 1.54) is 12.1 Å². The molecule has 1 atom stereocenters. The van der Waals surface area contributed by atoms with Crippen LogP contribution in [0.3, 0.4) is 0 Å². The molecule has 0 saturated carbocycles. The largest absolute Gasteiger partial charge is 0.300 e. The number of Topliss-reactive ketones (excluding diaryl/α,β-unsaturated/α-hetero) is 1. The van der Waals surface area contributed by atoms with E-state index in [4.69, 9.17) is 0 Å². The number of hydrogen-bond donors (Lipinski definition) is 0. The smallest absolute Gasteiger partial charge is 0.185 e. The Balaban J connectivity index is 1.92. The molecular weight excluding hydrogens is 277 g/mol. The average molecular weight is 293 g/mol. The minimum atomic E-state index is -0.435. The Morgan fingerprint density at radius 2 is 2.25 bits per heavy atom. The van der Waals surface area contributed by atoms with Crippen molar-refractivity contribution < 1.29 is 9.18 Å². The van der Waals surface area contributed by atoms with Crippen LogP contribution < -0.4 is 0 Å². The first-order valence-corrected chi connectivity index (χ1v) is 7.22. The van der Waals surface area contributed by atoms with Crippen LogP contribution in [-0.2, 0) is 6.54 Å². The molecule has 0 aliphatic carbocycles. The first-order valence-electron chi connectivity index (χ1n) is 6.27. The first-order chi connectivity index (χ1) is 9.56. The highest BCUT2D eigenvalue weighted by atomic mass is 32.1. The maximum Gasteiger partial charge on any atom is 0.185 e. The second-order valence-electron chi connectivity index (χ2n) is 4.80. The Labute approximate surface area is 121 Å². The van der Waals surface area contributed by atoms with Gasteiger partial charge in [-0.2, -0.15) is 0 Å². The van der Waals surface area contributed by atoms with E-state index < -0.39 is 5.82 Å². The summed E-state index contributed by atoms with van der Waals surface area (Å²) in [5, 5.41) is 1.99. The number of ketones is 1. The van der Waals surface area contributed by atoms with Gasteiger partial charge in [-0.25, -0.2) is 9.37 Å². The van der Waals surface area contributed by atoms with Crippen LogP contribution in [0, 0.1) is 11.7 Å². The molecule has 0 spiro atoms. The molecule has 0 aliphatic heterocycles. The van der Waals surface area contributed by atoms with Crippen LogP contribution in [0.5, 0.6) is 0 Å². The van der Waals surface area contributed by atoms with E-state index in [-0.39, 0.29) is 11.7 Å². The van der Waals surface area contributed by atoms with Gasteiger partial charge in [0, 0.05) is 24.4 Å². The van der Waals surface area contributed by atoms with Crippen LogP contribution in [-0.4, -0.2) is 34.2 Å². The lowest BCUT2D eigenvalue weighted by molar-refractivity contribution is 0.0895. The molecular formula is C14H16FN3OS. The van der Waals surface area contributed by atoms with Crippen LogP contribution >= 0.6 is 11.3 Å². The van der Waals surface area contributed by atoms with Gasteiger partial charge in [0.05, 0.1) is 17.4 Å². The molecule has 2 aromatic rings. The molecule has 0 amide bonds. The van der Waals surface area contributed by atoms with Crippen molar-refractivity contribution in [1.82, 2.24) is 14.9 Å². The molecule has 0 N–H and O–H groups in total. The Bertz CT molecular complexity index is 556. The van der Waals surface area contributed by atoms with Crippen molar-refractivity contribution in [1.29, 1.82) is 0 Å². The molecule has 2 rings (SSSR count). The summed E-state index contributed by atoms with van der Waals surface area (Å²) < 4.78 is 12.8. The summed E-state index contributed by atoms with van der Waals surface area (Å²) in [5.74, 6) is -0.707. The number of rotatable bonds is 6. The highest BCUT2D eigenvalue weighted by Crippen LogP contribution is 2.11. The van der Waals surface area contributed by atoms with Gasteiger partial charge < -0.3 is 0 Å². The van der Waals surface area contributed by atoms with Crippen LogP contribution in [0.4, 0.5) is 4.39 Å². The van der Waals surface area contributed by atoms with Gasteiger partial charge >= 0.3 is 0 Å². The quantitative estimate of drug-likeness (QED) is 0.768. The summed E-state index contributed by atoms with van der Waals surface area (Å²) in [7, 11) is 1.95. The zero-order valence-electron chi connectivity index (χ0n) is 11.4. The second-order valence-corrected chi connectivity index (χ2v) is 5.52. The topological polar surface area (TPSA) is 46.1 Å². The summed E-state index contributed by atoms with van der Waals surface area (Å²) in [4.78, 5) is 22.3. The normalized spacial score (nSPS) is 12.6. The molecule has 1 unspecified atom stereocenters. The Morgan fingerprint density at radius 3 is 2.85 bits per heavy atom. The standard InChI is InChI=1S/C14H16FN3OS/c1-10(6-18(2)7-12-8-20-9-17-12)14(19)13-4-3-11(15)5-16-13/h3-5,8-10H,6-7H2,1-2H3. The van der Waals surface area contributed by atoms with Crippen molar-refractivity contribution in [2.45, 2.75) is 13.5 Å². The predicted molar refractivity (Wildman–Crippen MR) is 76.1 cm³/mol. The van der Waals surface area contributed by atoms with Crippen LogP contribution in [0.15, 0.2) is 29.2 Å². The van der Waals surface area contributed by atoms with Crippen LogP contribution in [0.2, 0.25) is 0 Å². The molecule has 4 nitrogen and oxygen atoms in total. The van der Waals surface area contributed by atoms with Gasteiger partial charge in [0.15, 0.2) is 5.78 Å². The minimum absolute atomic E-state index is 0.0740. The third-order valence-corrected chi connectivity index (χ3v) is 3.56. The van der Waals surface area contributed by atoms with Gasteiger partial charge in [-0.1, -0.05) is 6.92 Å². The number of halogens is 1. The minimum Gasteiger partial charge on any atom is -0.300 e. The number of pyridine rings is 1. The van der Waals surface area contributed by atoms with Gasteiger partial charge in [-0.05, 0) is 19.2 Å². The van der Waals surface area contributed by atoms with Crippen molar-refractivity contribution in [3.8, 4) is 0 Å². The summed E-state index contributed by atoms with van der Waals surface area (Å²) in [5.41, 5.74) is 3.10. The van der Waals surface area contributed by atoms with Gasteiger partial charge in [0.2, 0.25) is 0 Å². The molecule has 106 valence electrons. The molecule has 0 bridgehead atoms. The van der Waals surface area contributed by atoms with Crippen molar-refractivity contribution in [3.63, 3.8) is 0 Å². The molecule has 0 saturated heterocycles. The molecule has 2 heterocycles. The van der Waals surface area contributed by atoms with Gasteiger partial charge in [-0.3, -0.25) is 14.7 Å². The SMILES string of the molecule is CC(CN(C)Cc1cscn1)C(=O)c1ccc(F)cn1. The lowest BCUT2D eigenvalue weighted by Crippen LogP contribution is -2.29. The fourth-order valence-electron chi connectivity index (χ4n) is 1.98. The van der Waals surface area contributed by atoms with E-state index in [1.54, 1.807) is 16.8 Å². The average Bonchev–Trinajstić information content (AvgIpc) is 2.91. The molecule has 0 fully saturated rings. The van der Waals surface area contributed by atoms with Crippen LogP contribution in [0.25, 0.3) is 0 Å². The second kappa shape index (κ2) is 6.67. The number of carbonyl (C=O) groups excluding carboxylic acids is 1. The van der Waals surface area contributed by atoms with E-state index in [1.807, 2.05) is 24.3 Å². The molecule has 0 aromatic carbocycles.